The van der Waals surface area contributed by atoms with E-state index in [1.54, 1.807) is 44.2 Å². The minimum Gasteiger partial charge on any atom is -0.480 e. The van der Waals surface area contributed by atoms with Gasteiger partial charge in [-0.15, -0.1) is 0 Å². The number of carboxylic acids is 1. The molecule has 0 radical (unpaired) electrons. The van der Waals surface area contributed by atoms with Crippen LogP contribution in [0.25, 0.3) is 0 Å². The Bertz CT molecular complexity index is 891. The smallest absolute Gasteiger partial charge is 0.323 e. The lowest BCUT2D eigenvalue weighted by Crippen LogP contribution is -2.35. The summed E-state index contributed by atoms with van der Waals surface area (Å²) in [4.78, 5) is 25.2. The van der Waals surface area contributed by atoms with Gasteiger partial charge in [-0.2, -0.15) is 4.31 Å². The topological polar surface area (TPSA) is 95.0 Å². The molecule has 2 rings (SSSR count). The van der Waals surface area contributed by atoms with Crippen LogP contribution < -0.4 is 4.90 Å². The molecule has 0 aliphatic rings. The van der Waals surface area contributed by atoms with Crippen LogP contribution in [0.4, 0.5) is 5.69 Å². The molecule has 0 fully saturated rings. The molecule has 0 aliphatic carbocycles. The predicted molar refractivity (Wildman–Crippen MR) is 102 cm³/mol. The molecule has 0 saturated carbocycles. The van der Waals surface area contributed by atoms with Gasteiger partial charge in [-0.1, -0.05) is 32.0 Å². The summed E-state index contributed by atoms with van der Waals surface area (Å²) in [5.74, 6) is -1.66. The molecule has 0 bridgehead atoms. The highest BCUT2D eigenvalue weighted by Gasteiger charge is 2.24. The Morgan fingerprint density at radius 1 is 0.926 bits per heavy atom. The molecule has 0 spiro atoms. The van der Waals surface area contributed by atoms with E-state index in [0.717, 1.165) is 4.90 Å². The van der Waals surface area contributed by atoms with Gasteiger partial charge in [0.2, 0.25) is 10.0 Å². The number of nitrogens with zero attached hydrogens (tertiary/aromatic N) is 2. The summed E-state index contributed by atoms with van der Waals surface area (Å²) in [5, 5.41) is 9.13. The molecule has 7 nitrogen and oxygen atoms in total. The van der Waals surface area contributed by atoms with E-state index in [1.807, 2.05) is 0 Å². The zero-order valence-corrected chi connectivity index (χ0v) is 16.0. The quantitative estimate of drug-likeness (QED) is 0.747. The second kappa shape index (κ2) is 8.79. The highest BCUT2D eigenvalue weighted by molar-refractivity contribution is 7.89. The zero-order chi connectivity index (χ0) is 20.0. The molecule has 0 unspecified atom stereocenters. The number of para-hydroxylation sites is 1. The van der Waals surface area contributed by atoms with Gasteiger partial charge in [0.25, 0.3) is 5.91 Å². The highest BCUT2D eigenvalue weighted by atomic mass is 32.2. The molecule has 8 heteroatoms. The summed E-state index contributed by atoms with van der Waals surface area (Å²) < 4.78 is 26.4. The Kier molecular flexibility index (Phi) is 6.70. The fourth-order valence-corrected chi connectivity index (χ4v) is 4.12. The van der Waals surface area contributed by atoms with E-state index in [-0.39, 0.29) is 10.5 Å². The van der Waals surface area contributed by atoms with Gasteiger partial charge >= 0.3 is 5.97 Å². The lowest BCUT2D eigenvalue weighted by molar-refractivity contribution is -0.135. The normalized spacial score (nSPS) is 11.4. The third-order valence-electron chi connectivity index (χ3n) is 4.05. The molecule has 0 aliphatic heterocycles. The van der Waals surface area contributed by atoms with Crippen LogP contribution in [0.2, 0.25) is 0 Å². The summed E-state index contributed by atoms with van der Waals surface area (Å²) in [6.45, 7) is 3.70. The Balaban J connectivity index is 2.34. The van der Waals surface area contributed by atoms with Crippen molar-refractivity contribution >= 4 is 27.6 Å². The summed E-state index contributed by atoms with van der Waals surface area (Å²) >= 11 is 0. The molecule has 0 aromatic heterocycles. The standard InChI is InChI=1S/C19H22N2O5S/c1-3-20(4-2)27(25,26)17-12-10-15(11-13-17)19(24)21(14-18(22)23)16-8-6-5-7-9-16/h5-13H,3-4,14H2,1-2H3,(H,22,23). The highest BCUT2D eigenvalue weighted by Crippen LogP contribution is 2.20. The van der Waals surface area contributed by atoms with Gasteiger partial charge in [-0.25, -0.2) is 8.42 Å². The lowest BCUT2D eigenvalue weighted by Gasteiger charge is -2.21. The van der Waals surface area contributed by atoms with E-state index in [0.29, 0.717) is 18.8 Å². The fourth-order valence-electron chi connectivity index (χ4n) is 2.66. The minimum atomic E-state index is -3.62. The number of carbonyl (C=O) groups is 2. The Morgan fingerprint density at radius 3 is 1.96 bits per heavy atom. The lowest BCUT2D eigenvalue weighted by atomic mass is 10.2. The van der Waals surface area contributed by atoms with E-state index >= 15 is 0 Å². The van der Waals surface area contributed by atoms with E-state index in [1.165, 1.54) is 28.6 Å². The number of aliphatic carboxylic acids is 1. The average molecular weight is 390 g/mol. The first-order chi connectivity index (χ1) is 12.8. The van der Waals surface area contributed by atoms with Gasteiger partial charge in [0.1, 0.15) is 6.54 Å². The maximum atomic E-state index is 12.8. The Morgan fingerprint density at radius 2 is 1.48 bits per heavy atom. The second-order valence-electron chi connectivity index (χ2n) is 5.73. The number of rotatable bonds is 8. The molecule has 1 N–H and O–H groups in total. The minimum absolute atomic E-state index is 0.0900. The molecule has 1 amide bonds. The first-order valence-electron chi connectivity index (χ1n) is 8.50. The third-order valence-corrected chi connectivity index (χ3v) is 6.11. The van der Waals surface area contributed by atoms with Gasteiger partial charge in [-0.05, 0) is 36.4 Å². The van der Waals surface area contributed by atoms with Crippen molar-refractivity contribution in [2.75, 3.05) is 24.5 Å². The maximum Gasteiger partial charge on any atom is 0.323 e. The van der Waals surface area contributed by atoms with Crippen LogP contribution in [0, 0.1) is 0 Å². The van der Waals surface area contributed by atoms with Crippen molar-refractivity contribution in [3.05, 3.63) is 60.2 Å². The number of benzene rings is 2. The summed E-state index contributed by atoms with van der Waals surface area (Å²) in [5.41, 5.74) is 0.656. The number of anilines is 1. The number of hydrogen-bond acceptors (Lipinski definition) is 4. The van der Waals surface area contributed by atoms with Crippen LogP contribution in [0.1, 0.15) is 24.2 Å². The molecule has 0 saturated heterocycles. The van der Waals surface area contributed by atoms with Gasteiger partial charge in [0.05, 0.1) is 4.90 Å². The third kappa shape index (κ3) is 4.72. The summed E-state index contributed by atoms with van der Waals surface area (Å²) in [6, 6.07) is 14.0. The van der Waals surface area contributed by atoms with E-state index in [2.05, 4.69) is 0 Å². The van der Waals surface area contributed by atoms with Crippen LogP contribution >= 0.6 is 0 Å². The van der Waals surface area contributed by atoms with Crippen LogP contribution in [-0.4, -0.2) is 49.3 Å². The summed E-state index contributed by atoms with van der Waals surface area (Å²) in [6.07, 6.45) is 0. The van der Waals surface area contributed by atoms with Gasteiger partial charge in [0.15, 0.2) is 0 Å². The first-order valence-corrected chi connectivity index (χ1v) is 9.94. The second-order valence-corrected chi connectivity index (χ2v) is 7.67. The van der Waals surface area contributed by atoms with E-state index < -0.39 is 28.4 Å². The molecule has 0 heterocycles. The van der Waals surface area contributed by atoms with Crippen molar-refractivity contribution in [1.82, 2.24) is 4.31 Å². The SMILES string of the molecule is CCN(CC)S(=O)(=O)c1ccc(C(=O)N(CC(=O)O)c2ccccc2)cc1. The van der Waals surface area contributed by atoms with Crippen molar-refractivity contribution in [2.24, 2.45) is 0 Å². The van der Waals surface area contributed by atoms with Crippen LogP contribution in [0.15, 0.2) is 59.5 Å². The number of carboxylic acid groups (broad SMARTS) is 1. The average Bonchev–Trinajstić information content (AvgIpc) is 2.67. The Labute approximate surface area is 158 Å². The van der Waals surface area contributed by atoms with E-state index in [4.69, 9.17) is 5.11 Å². The van der Waals surface area contributed by atoms with Gasteiger partial charge in [-0.3, -0.25) is 14.5 Å². The van der Waals surface area contributed by atoms with Crippen molar-refractivity contribution < 1.29 is 23.1 Å². The molecule has 27 heavy (non-hydrogen) atoms. The molecular formula is C19H22N2O5S. The van der Waals surface area contributed by atoms with Crippen LogP contribution in [-0.2, 0) is 14.8 Å². The monoisotopic (exact) mass is 390 g/mol. The van der Waals surface area contributed by atoms with Crippen LogP contribution in [0.3, 0.4) is 0 Å². The number of carbonyl (C=O) groups excluding carboxylic acids is 1. The number of sulfonamides is 1. The summed E-state index contributed by atoms with van der Waals surface area (Å²) in [7, 11) is -3.62. The molecule has 144 valence electrons. The van der Waals surface area contributed by atoms with Gasteiger partial charge < -0.3 is 5.11 Å². The molecule has 2 aromatic rings. The fraction of sp³-hybridized carbons (Fsp3) is 0.263. The molecule has 2 aromatic carbocycles. The number of hydrogen-bond donors (Lipinski definition) is 1. The molecular weight excluding hydrogens is 368 g/mol. The zero-order valence-electron chi connectivity index (χ0n) is 15.2. The molecule has 0 atom stereocenters. The predicted octanol–water partition coefficient (Wildman–Crippen LogP) is 2.45. The van der Waals surface area contributed by atoms with Crippen molar-refractivity contribution in [3.63, 3.8) is 0 Å². The van der Waals surface area contributed by atoms with Crippen LogP contribution in [0.5, 0.6) is 0 Å². The van der Waals surface area contributed by atoms with Crippen molar-refractivity contribution in [1.29, 1.82) is 0 Å². The van der Waals surface area contributed by atoms with E-state index in [9.17, 15) is 18.0 Å². The maximum absolute atomic E-state index is 12.8. The first kappa shape index (κ1) is 20.6. The largest absolute Gasteiger partial charge is 0.480 e. The van der Waals surface area contributed by atoms with Crippen molar-refractivity contribution in [3.8, 4) is 0 Å². The number of amides is 1. The van der Waals surface area contributed by atoms with Gasteiger partial charge in [0, 0.05) is 24.3 Å². The van der Waals surface area contributed by atoms with Crippen molar-refractivity contribution in [2.45, 2.75) is 18.7 Å². The Hall–Kier alpha value is -2.71.